The predicted octanol–water partition coefficient (Wildman–Crippen LogP) is 9.57. The number of halogens is 4. The van der Waals surface area contributed by atoms with Crippen LogP contribution in [0.3, 0.4) is 0 Å². The number of aromatic nitrogens is 11. The van der Waals surface area contributed by atoms with Crippen molar-refractivity contribution in [2.45, 2.75) is 122 Å². The monoisotopic (exact) mass is 887 g/mol. The van der Waals surface area contributed by atoms with Gasteiger partial charge in [-0.25, -0.2) is 44.3 Å². The molecule has 6 aromatic heterocycles. The number of hydrogen-bond donors (Lipinski definition) is 0. The van der Waals surface area contributed by atoms with Crippen LogP contribution in [0.4, 0.5) is 17.6 Å². The van der Waals surface area contributed by atoms with Gasteiger partial charge in [-0.05, 0) is 115 Å². The molecule has 0 N–H and O–H groups in total. The quantitative estimate of drug-likeness (QED) is 0.134. The molecule has 5 atom stereocenters. The van der Waals surface area contributed by atoms with Gasteiger partial charge in [-0.2, -0.15) is 18.3 Å². The number of hydrogen-bond acceptors (Lipinski definition) is 12. The Kier molecular flexibility index (Phi) is 11.1. The van der Waals surface area contributed by atoms with Crippen molar-refractivity contribution in [3.8, 4) is 11.3 Å². The van der Waals surface area contributed by atoms with E-state index in [0.717, 1.165) is 22.5 Å². The molecule has 65 heavy (non-hydrogen) atoms. The van der Waals surface area contributed by atoms with Gasteiger partial charge >= 0.3 is 6.18 Å². The molecule has 0 radical (unpaired) electrons. The van der Waals surface area contributed by atoms with Crippen LogP contribution < -0.4 is 0 Å². The Labute approximate surface area is 373 Å². The Morgan fingerprint density at radius 2 is 1.40 bits per heavy atom. The van der Waals surface area contributed by atoms with Crippen LogP contribution in [-0.4, -0.2) is 73.5 Å². The number of pyridine rings is 1. The molecule has 1 aliphatic carbocycles. The average Bonchev–Trinajstić information content (AvgIpc) is 3.69. The van der Waals surface area contributed by atoms with E-state index < -0.39 is 36.0 Å². The van der Waals surface area contributed by atoms with Crippen LogP contribution in [0.25, 0.3) is 33.6 Å². The second-order valence-corrected chi connectivity index (χ2v) is 18.1. The lowest BCUT2D eigenvalue weighted by Gasteiger charge is -2.37. The van der Waals surface area contributed by atoms with E-state index in [4.69, 9.17) is 49.3 Å². The summed E-state index contributed by atoms with van der Waals surface area (Å²) in [4.78, 5) is 43.4. The van der Waals surface area contributed by atoms with Crippen LogP contribution in [-0.2, 0) is 22.9 Å². The fraction of sp³-hybridized carbons (Fsp3) is 0.458. The van der Waals surface area contributed by atoms with Gasteiger partial charge in [0.05, 0.1) is 58.9 Å². The Bertz CT molecular complexity index is 2950. The maximum atomic E-state index is 16.8. The predicted molar refractivity (Wildman–Crippen MR) is 232 cm³/mol. The summed E-state index contributed by atoms with van der Waals surface area (Å²) in [6.07, 6.45) is 2.83. The molecule has 7 aromatic rings. The smallest absolute Gasteiger partial charge is 0.373 e. The van der Waals surface area contributed by atoms with Crippen LogP contribution in [0.5, 0.6) is 0 Å². The maximum absolute atomic E-state index is 16.8. The molecule has 2 saturated heterocycles. The highest BCUT2D eigenvalue weighted by atomic mass is 19.4. The van der Waals surface area contributed by atoms with Crippen molar-refractivity contribution < 1.29 is 27.0 Å². The fourth-order valence-electron chi connectivity index (χ4n) is 9.58. The highest BCUT2D eigenvalue weighted by Gasteiger charge is 2.49. The molecular weight excluding hydrogens is 839 g/mol. The van der Waals surface area contributed by atoms with Crippen molar-refractivity contribution in [1.29, 1.82) is 0 Å². The second-order valence-electron chi connectivity index (χ2n) is 18.1. The fourth-order valence-corrected chi connectivity index (χ4v) is 9.58. The van der Waals surface area contributed by atoms with Gasteiger partial charge in [-0.1, -0.05) is 6.07 Å². The molecule has 3 fully saturated rings. The molecule has 1 aromatic carbocycles. The van der Waals surface area contributed by atoms with Gasteiger partial charge in [0.25, 0.3) is 0 Å². The molecule has 0 amide bonds. The van der Waals surface area contributed by atoms with Crippen molar-refractivity contribution in [2.75, 3.05) is 6.61 Å². The Hall–Kier alpha value is -5.94. The molecule has 13 nitrogen and oxygen atoms in total. The number of nitrogens with zero attached hydrogens (tertiary/aromatic N) is 11. The van der Waals surface area contributed by atoms with E-state index >= 15 is 4.39 Å². The molecule has 0 bridgehead atoms. The molecule has 2 aliphatic heterocycles. The Morgan fingerprint density at radius 1 is 0.708 bits per heavy atom. The van der Waals surface area contributed by atoms with E-state index in [1.54, 1.807) is 23.1 Å². The van der Waals surface area contributed by atoms with E-state index in [2.05, 4.69) is 10.1 Å². The molecule has 10 rings (SSSR count). The van der Waals surface area contributed by atoms with Gasteiger partial charge < -0.3 is 9.47 Å². The number of alkyl halides is 3. The van der Waals surface area contributed by atoms with Crippen LogP contribution in [0.15, 0.2) is 48.9 Å². The highest BCUT2D eigenvalue weighted by Crippen LogP contribution is 2.51. The standard InChI is InChI=1S/C48H49F4N11O2/c1-23-13-29(9-11-53-23)38-19-30(10-12-64-38)44-60-41(43-47(61-44)58-27(5)25(3)56-43)36-8-7-28(15-37(36)49)14-35-18-32(20-39(65-35)33-21-54-63(6)22-33)45-59-40(31-16-34(17-31)48(50,51)52)42-46(62-45)57-26(4)24(2)55-42/h7-9,11,13,15,21-22,30-32,34-35,38-39H,10,12,14,16-20H2,1-6H3/t30-,31?,32+,34?,35?,38+,39-/m1/s1. The van der Waals surface area contributed by atoms with Crippen molar-refractivity contribution in [3.63, 3.8) is 0 Å². The SMILES string of the molecule is Cc1cc([C@@H]2C[C@H](c3nc(-c4ccc(CC5C[C@H](c6nc(C7CC(C(F)(F)F)C7)c7nc(C)c(C)nc7n6)C[C@H](c6cnn(C)c6)O5)cc4F)c4nc(C)c(C)nc4n3)CCO2)ccn1. The first-order chi connectivity index (χ1) is 31.1. The van der Waals surface area contributed by atoms with E-state index in [1.807, 2.05) is 66.1 Å². The highest BCUT2D eigenvalue weighted by molar-refractivity contribution is 5.87. The molecular formula is C48H49F4N11O2. The van der Waals surface area contributed by atoms with Gasteiger partial charge in [-0.15, -0.1) is 0 Å². The topological polar surface area (TPSA) is 152 Å². The molecule has 1 saturated carbocycles. The summed E-state index contributed by atoms with van der Waals surface area (Å²) in [6.45, 7) is 9.89. The van der Waals surface area contributed by atoms with Crippen molar-refractivity contribution >= 4 is 22.3 Å². The van der Waals surface area contributed by atoms with E-state index in [1.165, 1.54) is 6.07 Å². The summed E-state index contributed by atoms with van der Waals surface area (Å²) in [7, 11) is 1.84. The summed E-state index contributed by atoms with van der Waals surface area (Å²) in [6, 6.07) is 9.16. The van der Waals surface area contributed by atoms with Crippen molar-refractivity contribution in [1.82, 2.24) is 54.6 Å². The zero-order chi connectivity index (χ0) is 45.3. The van der Waals surface area contributed by atoms with Crippen molar-refractivity contribution in [3.05, 3.63) is 117 Å². The number of rotatable bonds is 8. The van der Waals surface area contributed by atoms with Gasteiger partial charge in [0.15, 0.2) is 11.3 Å². The zero-order valence-corrected chi connectivity index (χ0v) is 37.1. The summed E-state index contributed by atoms with van der Waals surface area (Å²) in [5.41, 5.74) is 9.17. The maximum Gasteiger partial charge on any atom is 0.391 e. The summed E-state index contributed by atoms with van der Waals surface area (Å²) >= 11 is 0. The minimum absolute atomic E-state index is 0.0556. The average molecular weight is 888 g/mol. The van der Waals surface area contributed by atoms with Crippen LogP contribution in [0.2, 0.25) is 0 Å². The van der Waals surface area contributed by atoms with Crippen LogP contribution >= 0.6 is 0 Å². The van der Waals surface area contributed by atoms with E-state index in [0.29, 0.717) is 107 Å². The second kappa shape index (κ2) is 16.8. The number of ether oxygens (including phenoxy) is 2. The molecule has 0 spiro atoms. The first-order valence-electron chi connectivity index (χ1n) is 22.2. The Balaban J connectivity index is 0.966. The normalized spacial score (nSPS) is 23.8. The van der Waals surface area contributed by atoms with Gasteiger partial charge in [0.2, 0.25) is 0 Å². The molecule has 17 heteroatoms. The van der Waals surface area contributed by atoms with E-state index in [-0.39, 0.29) is 36.3 Å². The molecule has 1 unspecified atom stereocenters. The molecule has 8 heterocycles. The lowest BCUT2D eigenvalue weighted by Crippen LogP contribution is -2.35. The van der Waals surface area contributed by atoms with Crippen LogP contribution in [0, 0.1) is 46.4 Å². The van der Waals surface area contributed by atoms with Gasteiger partial charge in [0, 0.05) is 60.6 Å². The molecule has 336 valence electrons. The number of fused-ring (bicyclic) bond motifs is 2. The lowest BCUT2D eigenvalue weighted by atomic mass is 9.72. The summed E-state index contributed by atoms with van der Waals surface area (Å²) in [5, 5.41) is 4.40. The largest absolute Gasteiger partial charge is 0.391 e. The number of aryl methyl sites for hydroxylation is 6. The minimum Gasteiger partial charge on any atom is -0.373 e. The lowest BCUT2D eigenvalue weighted by molar-refractivity contribution is -0.197. The third kappa shape index (κ3) is 8.55. The van der Waals surface area contributed by atoms with Gasteiger partial charge in [-0.3, -0.25) is 9.67 Å². The van der Waals surface area contributed by atoms with E-state index in [9.17, 15) is 13.2 Å². The zero-order valence-electron chi connectivity index (χ0n) is 37.1. The first-order valence-corrected chi connectivity index (χ1v) is 22.2. The summed E-state index contributed by atoms with van der Waals surface area (Å²) < 4.78 is 72.5. The third-order valence-corrected chi connectivity index (χ3v) is 13.5. The minimum atomic E-state index is -4.27. The third-order valence-electron chi connectivity index (χ3n) is 13.5. The van der Waals surface area contributed by atoms with Crippen LogP contribution in [0.1, 0.15) is 131 Å². The number of benzene rings is 1. The first kappa shape index (κ1) is 43.0. The van der Waals surface area contributed by atoms with Gasteiger partial charge in [0.1, 0.15) is 34.2 Å². The van der Waals surface area contributed by atoms with Crippen molar-refractivity contribution in [2.24, 2.45) is 13.0 Å². The summed E-state index contributed by atoms with van der Waals surface area (Å²) in [5.74, 6) is -1.51. The molecule has 3 aliphatic rings. The Morgan fingerprint density at radius 3 is 2.09 bits per heavy atom.